The standard InChI is InChI=1S/C16H18N6O2S/c1-3-8-24-13-6-4-12(5-7-13)15-19-21-22(20-15)10-14(23)18-16-17-9-11(2)25-16/h4-7,9H,3,8,10H2,1-2H3,(H,17,18,23). The van der Waals surface area contributed by atoms with Crippen molar-refractivity contribution in [1.29, 1.82) is 0 Å². The van der Waals surface area contributed by atoms with Crippen LogP contribution in [0.4, 0.5) is 5.13 Å². The van der Waals surface area contributed by atoms with Gasteiger partial charge in [-0.3, -0.25) is 4.79 Å². The van der Waals surface area contributed by atoms with Crippen molar-refractivity contribution < 1.29 is 9.53 Å². The summed E-state index contributed by atoms with van der Waals surface area (Å²) >= 11 is 1.41. The van der Waals surface area contributed by atoms with E-state index in [1.165, 1.54) is 16.1 Å². The molecule has 1 aromatic carbocycles. The fourth-order valence-electron chi connectivity index (χ4n) is 2.05. The first-order valence-electron chi connectivity index (χ1n) is 7.87. The molecule has 0 unspecified atom stereocenters. The number of carbonyl (C=O) groups excluding carboxylic acids is 1. The summed E-state index contributed by atoms with van der Waals surface area (Å²) in [5.41, 5.74) is 0.811. The van der Waals surface area contributed by atoms with E-state index in [-0.39, 0.29) is 12.5 Å². The Bertz CT molecular complexity index is 842. The Balaban J connectivity index is 1.60. The number of thiazole rings is 1. The molecular formula is C16H18N6O2S. The van der Waals surface area contributed by atoms with Gasteiger partial charge in [0, 0.05) is 16.6 Å². The lowest BCUT2D eigenvalue weighted by Gasteiger charge is -2.04. The second kappa shape index (κ2) is 7.84. The normalized spacial score (nSPS) is 10.6. The second-order valence-corrected chi connectivity index (χ2v) is 6.58. The van der Waals surface area contributed by atoms with Gasteiger partial charge in [0.05, 0.1) is 6.61 Å². The number of carbonyl (C=O) groups is 1. The molecule has 0 aliphatic heterocycles. The van der Waals surface area contributed by atoms with Crippen LogP contribution in [0.25, 0.3) is 11.4 Å². The number of hydrogen-bond donors (Lipinski definition) is 1. The maximum Gasteiger partial charge on any atom is 0.249 e. The lowest BCUT2D eigenvalue weighted by molar-refractivity contribution is -0.117. The fraction of sp³-hybridized carbons (Fsp3) is 0.312. The molecule has 0 bridgehead atoms. The highest BCUT2D eigenvalue weighted by Crippen LogP contribution is 2.19. The van der Waals surface area contributed by atoms with Crippen LogP contribution in [0.2, 0.25) is 0 Å². The third-order valence-corrected chi connectivity index (χ3v) is 4.02. The van der Waals surface area contributed by atoms with E-state index in [4.69, 9.17) is 4.74 Å². The topological polar surface area (TPSA) is 94.8 Å². The van der Waals surface area contributed by atoms with Crippen molar-refractivity contribution in [1.82, 2.24) is 25.2 Å². The molecule has 25 heavy (non-hydrogen) atoms. The number of ether oxygens (including phenoxy) is 1. The van der Waals surface area contributed by atoms with Gasteiger partial charge in [0.25, 0.3) is 0 Å². The summed E-state index contributed by atoms with van der Waals surface area (Å²) in [4.78, 5) is 18.4. The molecule has 0 spiro atoms. The summed E-state index contributed by atoms with van der Waals surface area (Å²) in [6.07, 6.45) is 2.67. The van der Waals surface area contributed by atoms with Gasteiger partial charge in [-0.15, -0.1) is 21.5 Å². The quantitative estimate of drug-likeness (QED) is 0.697. The average Bonchev–Trinajstić information content (AvgIpc) is 3.22. The van der Waals surface area contributed by atoms with Crippen molar-refractivity contribution in [3.63, 3.8) is 0 Å². The Morgan fingerprint density at radius 1 is 1.32 bits per heavy atom. The van der Waals surface area contributed by atoms with Crippen LogP contribution in [0.15, 0.2) is 30.5 Å². The van der Waals surface area contributed by atoms with Crippen LogP contribution in [0.5, 0.6) is 5.75 Å². The summed E-state index contributed by atoms with van der Waals surface area (Å²) in [5, 5.41) is 15.4. The van der Waals surface area contributed by atoms with E-state index in [9.17, 15) is 4.79 Å². The first-order valence-corrected chi connectivity index (χ1v) is 8.69. The molecule has 0 fully saturated rings. The number of benzene rings is 1. The zero-order valence-electron chi connectivity index (χ0n) is 14.0. The van der Waals surface area contributed by atoms with Gasteiger partial charge in [0.2, 0.25) is 11.7 Å². The van der Waals surface area contributed by atoms with Crippen LogP contribution in [-0.2, 0) is 11.3 Å². The third kappa shape index (κ3) is 4.60. The maximum absolute atomic E-state index is 12.0. The van der Waals surface area contributed by atoms with Gasteiger partial charge in [-0.25, -0.2) is 4.98 Å². The minimum atomic E-state index is -0.249. The number of hydrogen-bond acceptors (Lipinski definition) is 7. The van der Waals surface area contributed by atoms with Crippen LogP contribution >= 0.6 is 11.3 Å². The summed E-state index contributed by atoms with van der Waals surface area (Å²) in [6.45, 7) is 4.64. The Morgan fingerprint density at radius 2 is 2.12 bits per heavy atom. The highest BCUT2D eigenvalue weighted by molar-refractivity contribution is 7.15. The molecule has 0 saturated heterocycles. The molecule has 9 heteroatoms. The van der Waals surface area contributed by atoms with Crippen LogP contribution in [-0.4, -0.2) is 37.7 Å². The average molecular weight is 358 g/mol. The molecule has 0 atom stereocenters. The van der Waals surface area contributed by atoms with Crippen molar-refractivity contribution in [3.05, 3.63) is 35.3 Å². The molecule has 130 valence electrons. The van der Waals surface area contributed by atoms with E-state index in [0.29, 0.717) is 17.6 Å². The predicted octanol–water partition coefficient (Wildman–Crippen LogP) is 2.53. The van der Waals surface area contributed by atoms with E-state index < -0.39 is 0 Å². The first-order chi connectivity index (χ1) is 12.1. The molecule has 0 saturated carbocycles. The fourth-order valence-corrected chi connectivity index (χ4v) is 2.73. The zero-order chi connectivity index (χ0) is 17.6. The Kier molecular flexibility index (Phi) is 5.34. The molecular weight excluding hydrogens is 340 g/mol. The number of nitrogens with one attached hydrogen (secondary N) is 1. The van der Waals surface area contributed by atoms with Crippen molar-refractivity contribution in [2.45, 2.75) is 26.8 Å². The van der Waals surface area contributed by atoms with Gasteiger partial charge in [-0.2, -0.15) is 4.80 Å². The summed E-state index contributed by atoms with van der Waals surface area (Å²) in [7, 11) is 0. The molecule has 1 N–H and O–H groups in total. The van der Waals surface area contributed by atoms with Crippen molar-refractivity contribution in [2.24, 2.45) is 0 Å². The van der Waals surface area contributed by atoms with E-state index >= 15 is 0 Å². The number of amides is 1. The molecule has 3 aromatic rings. The molecule has 8 nitrogen and oxygen atoms in total. The molecule has 2 heterocycles. The highest BCUT2D eigenvalue weighted by atomic mass is 32.1. The summed E-state index contributed by atoms with van der Waals surface area (Å²) < 4.78 is 5.54. The van der Waals surface area contributed by atoms with Crippen LogP contribution < -0.4 is 10.1 Å². The number of aryl methyl sites for hydroxylation is 1. The third-order valence-electron chi connectivity index (χ3n) is 3.19. The van der Waals surface area contributed by atoms with Crippen molar-refractivity contribution >= 4 is 22.4 Å². The molecule has 0 aliphatic carbocycles. The number of anilines is 1. The lowest BCUT2D eigenvalue weighted by atomic mass is 10.2. The van der Waals surface area contributed by atoms with E-state index in [1.54, 1.807) is 6.20 Å². The van der Waals surface area contributed by atoms with E-state index in [2.05, 4.69) is 32.6 Å². The molecule has 1 amide bonds. The summed E-state index contributed by atoms with van der Waals surface area (Å²) in [5.74, 6) is 1.01. The molecule has 2 aromatic heterocycles. The van der Waals surface area contributed by atoms with E-state index in [1.807, 2.05) is 31.2 Å². The second-order valence-electron chi connectivity index (χ2n) is 5.34. The molecule has 3 rings (SSSR count). The number of nitrogens with zero attached hydrogens (tertiary/aromatic N) is 5. The van der Waals surface area contributed by atoms with Crippen LogP contribution in [0, 0.1) is 6.92 Å². The molecule has 0 aliphatic rings. The van der Waals surface area contributed by atoms with E-state index in [0.717, 1.165) is 22.6 Å². The molecule has 0 radical (unpaired) electrons. The van der Waals surface area contributed by atoms with Gasteiger partial charge in [0.15, 0.2) is 5.13 Å². The number of tetrazole rings is 1. The lowest BCUT2D eigenvalue weighted by Crippen LogP contribution is -2.20. The van der Waals surface area contributed by atoms with Crippen LogP contribution in [0.3, 0.4) is 0 Å². The van der Waals surface area contributed by atoms with Gasteiger partial charge in [-0.05, 0) is 42.8 Å². The van der Waals surface area contributed by atoms with Crippen molar-refractivity contribution in [3.8, 4) is 17.1 Å². The van der Waals surface area contributed by atoms with Crippen molar-refractivity contribution in [2.75, 3.05) is 11.9 Å². The smallest absolute Gasteiger partial charge is 0.249 e. The SMILES string of the molecule is CCCOc1ccc(-c2nnn(CC(=O)Nc3ncc(C)s3)n2)cc1. The maximum atomic E-state index is 12.0. The minimum Gasteiger partial charge on any atom is -0.494 e. The Labute approximate surface area is 148 Å². The first kappa shape index (κ1) is 17.0. The predicted molar refractivity (Wildman–Crippen MR) is 94.5 cm³/mol. The highest BCUT2D eigenvalue weighted by Gasteiger charge is 2.11. The Morgan fingerprint density at radius 3 is 2.80 bits per heavy atom. The van der Waals surface area contributed by atoms with Crippen LogP contribution in [0.1, 0.15) is 18.2 Å². The monoisotopic (exact) mass is 358 g/mol. The zero-order valence-corrected chi connectivity index (χ0v) is 14.8. The van der Waals surface area contributed by atoms with Gasteiger partial charge < -0.3 is 10.1 Å². The largest absolute Gasteiger partial charge is 0.494 e. The number of rotatable bonds is 7. The summed E-state index contributed by atoms with van der Waals surface area (Å²) in [6, 6.07) is 7.46. The number of aromatic nitrogens is 5. The Hall–Kier alpha value is -2.81. The van der Waals surface area contributed by atoms with Gasteiger partial charge in [-0.1, -0.05) is 6.92 Å². The van der Waals surface area contributed by atoms with Gasteiger partial charge in [0.1, 0.15) is 12.3 Å². The van der Waals surface area contributed by atoms with Gasteiger partial charge >= 0.3 is 0 Å². The minimum absolute atomic E-state index is 0.0245.